The third-order valence-electron chi connectivity index (χ3n) is 5.22. The highest BCUT2D eigenvalue weighted by atomic mass is 32.1. The van der Waals surface area contributed by atoms with Gasteiger partial charge >= 0.3 is 4.87 Å². The number of aromatic nitrogens is 3. The van der Waals surface area contributed by atoms with E-state index in [0.29, 0.717) is 18.3 Å². The Balaban J connectivity index is 1.27. The first kappa shape index (κ1) is 19.0. The van der Waals surface area contributed by atoms with Crippen LogP contribution in [-0.4, -0.2) is 57.2 Å². The minimum absolute atomic E-state index is 0.136. The molecule has 148 valence electrons. The molecule has 0 bridgehead atoms. The summed E-state index contributed by atoms with van der Waals surface area (Å²) in [5.74, 6) is 1.30. The zero-order chi connectivity index (χ0) is 19.5. The smallest absolute Gasteiger partial charge is 0.307 e. The molecule has 0 N–H and O–H groups in total. The number of hydrogen-bond donors (Lipinski definition) is 0. The van der Waals surface area contributed by atoms with Crippen molar-refractivity contribution >= 4 is 11.3 Å². The maximum absolute atomic E-state index is 11.8. The van der Waals surface area contributed by atoms with E-state index >= 15 is 0 Å². The Kier molecular flexibility index (Phi) is 5.70. The lowest BCUT2D eigenvalue weighted by Crippen LogP contribution is -2.47. The first-order valence-electron chi connectivity index (χ1n) is 9.58. The molecule has 4 rings (SSSR count). The molecule has 7 nitrogen and oxygen atoms in total. The molecule has 0 atom stereocenters. The highest BCUT2D eigenvalue weighted by molar-refractivity contribution is 7.07. The van der Waals surface area contributed by atoms with Crippen LogP contribution in [0.3, 0.4) is 0 Å². The summed E-state index contributed by atoms with van der Waals surface area (Å²) in [5.41, 5.74) is 3.24. The number of benzene rings is 1. The average Bonchev–Trinajstić information content (AvgIpc) is 3.29. The van der Waals surface area contributed by atoms with Crippen molar-refractivity contribution in [2.45, 2.75) is 26.9 Å². The molecule has 1 saturated heterocycles. The van der Waals surface area contributed by atoms with Crippen LogP contribution >= 0.6 is 11.3 Å². The Morgan fingerprint density at radius 1 is 1.04 bits per heavy atom. The Labute approximate surface area is 168 Å². The number of hydrogen-bond acceptors (Lipinski definition) is 7. The second kappa shape index (κ2) is 8.38. The van der Waals surface area contributed by atoms with Gasteiger partial charge in [-0.05, 0) is 13.8 Å². The van der Waals surface area contributed by atoms with E-state index in [4.69, 9.17) is 4.52 Å². The van der Waals surface area contributed by atoms with Gasteiger partial charge in [0.2, 0.25) is 11.7 Å². The van der Waals surface area contributed by atoms with E-state index in [1.807, 2.05) is 29.0 Å². The molecule has 1 fully saturated rings. The molecule has 0 radical (unpaired) electrons. The fourth-order valence-electron chi connectivity index (χ4n) is 3.42. The van der Waals surface area contributed by atoms with Gasteiger partial charge in [-0.15, -0.1) is 0 Å². The quantitative estimate of drug-likeness (QED) is 0.634. The SMILES string of the molecule is Cc1ccc(-c2noc(CN3CCN(CCn4c(C)csc4=O)CC3)n2)cc1. The van der Waals surface area contributed by atoms with Crippen LogP contribution in [0.4, 0.5) is 0 Å². The minimum Gasteiger partial charge on any atom is -0.338 e. The molecule has 0 unspecified atom stereocenters. The molecule has 0 saturated carbocycles. The van der Waals surface area contributed by atoms with Crippen LogP contribution in [0.25, 0.3) is 11.4 Å². The lowest BCUT2D eigenvalue weighted by molar-refractivity contribution is 0.114. The molecule has 0 amide bonds. The molecular weight excluding hydrogens is 374 g/mol. The summed E-state index contributed by atoms with van der Waals surface area (Å²) in [6.45, 7) is 10.3. The lowest BCUT2D eigenvalue weighted by Gasteiger charge is -2.33. The third kappa shape index (κ3) is 4.40. The maximum Gasteiger partial charge on any atom is 0.307 e. The second-order valence-corrected chi connectivity index (χ2v) is 8.11. The third-order valence-corrected chi connectivity index (χ3v) is 6.10. The number of rotatable bonds is 6. The van der Waals surface area contributed by atoms with Gasteiger partial charge in [0.25, 0.3) is 0 Å². The van der Waals surface area contributed by atoms with Crippen molar-refractivity contribution in [1.82, 2.24) is 24.5 Å². The van der Waals surface area contributed by atoms with Crippen LogP contribution in [0.1, 0.15) is 17.1 Å². The van der Waals surface area contributed by atoms with E-state index in [9.17, 15) is 4.79 Å². The van der Waals surface area contributed by atoms with Crippen molar-refractivity contribution in [2.75, 3.05) is 32.7 Å². The Morgan fingerprint density at radius 2 is 1.75 bits per heavy atom. The highest BCUT2D eigenvalue weighted by Gasteiger charge is 2.19. The number of aryl methyl sites for hydroxylation is 2. The summed E-state index contributed by atoms with van der Waals surface area (Å²) in [6.07, 6.45) is 0. The molecule has 0 spiro atoms. The van der Waals surface area contributed by atoms with Gasteiger partial charge in [0, 0.05) is 55.9 Å². The van der Waals surface area contributed by atoms with Gasteiger partial charge in [0.05, 0.1) is 6.54 Å². The van der Waals surface area contributed by atoms with Crippen LogP contribution < -0.4 is 4.87 Å². The van der Waals surface area contributed by atoms with Gasteiger partial charge in [-0.3, -0.25) is 14.6 Å². The van der Waals surface area contributed by atoms with Crippen LogP contribution in [0.15, 0.2) is 39.0 Å². The Bertz CT molecular complexity index is 967. The maximum atomic E-state index is 11.8. The second-order valence-electron chi connectivity index (χ2n) is 7.29. The first-order valence-corrected chi connectivity index (χ1v) is 10.5. The average molecular weight is 400 g/mol. The van der Waals surface area contributed by atoms with E-state index in [1.165, 1.54) is 16.9 Å². The predicted octanol–water partition coefficient (Wildman–Crippen LogP) is 2.39. The summed E-state index contributed by atoms with van der Waals surface area (Å²) in [7, 11) is 0. The summed E-state index contributed by atoms with van der Waals surface area (Å²) >= 11 is 1.28. The van der Waals surface area contributed by atoms with E-state index < -0.39 is 0 Å². The van der Waals surface area contributed by atoms with Gasteiger partial charge in [0.1, 0.15) is 0 Å². The van der Waals surface area contributed by atoms with Gasteiger partial charge in [-0.25, -0.2) is 0 Å². The topological polar surface area (TPSA) is 67.4 Å². The fraction of sp³-hybridized carbons (Fsp3) is 0.450. The molecule has 1 aliphatic rings. The van der Waals surface area contributed by atoms with Gasteiger partial charge in [0.15, 0.2) is 0 Å². The van der Waals surface area contributed by atoms with Crippen LogP contribution in [0.2, 0.25) is 0 Å². The van der Waals surface area contributed by atoms with Crippen molar-refractivity contribution in [3.8, 4) is 11.4 Å². The Morgan fingerprint density at radius 3 is 2.43 bits per heavy atom. The molecule has 2 aromatic heterocycles. The van der Waals surface area contributed by atoms with Gasteiger partial charge in [-0.1, -0.05) is 46.3 Å². The normalized spacial score (nSPS) is 15.9. The van der Waals surface area contributed by atoms with E-state index in [1.54, 1.807) is 0 Å². The predicted molar refractivity (Wildman–Crippen MR) is 110 cm³/mol. The largest absolute Gasteiger partial charge is 0.338 e. The lowest BCUT2D eigenvalue weighted by atomic mass is 10.1. The zero-order valence-electron chi connectivity index (χ0n) is 16.3. The number of nitrogens with zero attached hydrogens (tertiary/aromatic N) is 5. The van der Waals surface area contributed by atoms with E-state index in [0.717, 1.165) is 50.5 Å². The van der Waals surface area contributed by atoms with E-state index in [-0.39, 0.29) is 4.87 Å². The molecule has 28 heavy (non-hydrogen) atoms. The van der Waals surface area contributed by atoms with Crippen LogP contribution in [0, 0.1) is 13.8 Å². The van der Waals surface area contributed by atoms with Crippen molar-refractivity contribution in [1.29, 1.82) is 0 Å². The zero-order valence-corrected chi connectivity index (χ0v) is 17.1. The van der Waals surface area contributed by atoms with Crippen LogP contribution in [0.5, 0.6) is 0 Å². The summed E-state index contributed by atoms with van der Waals surface area (Å²) in [6, 6.07) is 8.14. The fourth-order valence-corrected chi connectivity index (χ4v) is 4.18. The molecular formula is C20H25N5O2S. The van der Waals surface area contributed by atoms with Crippen molar-refractivity contribution < 1.29 is 4.52 Å². The monoisotopic (exact) mass is 399 g/mol. The van der Waals surface area contributed by atoms with E-state index in [2.05, 4.69) is 39.0 Å². The first-order chi connectivity index (χ1) is 13.6. The minimum atomic E-state index is 0.136. The molecule has 0 aliphatic carbocycles. The Hall–Kier alpha value is -2.29. The van der Waals surface area contributed by atoms with Gasteiger partial charge < -0.3 is 9.09 Å². The summed E-state index contributed by atoms with van der Waals surface area (Å²) < 4.78 is 7.31. The number of piperazine rings is 1. The molecule has 1 aliphatic heterocycles. The van der Waals surface area contributed by atoms with Crippen molar-refractivity contribution in [2.24, 2.45) is 0 Å². The molecule has 8 heteroatoms. The molecule has 3 aromatic rings. The van der Waals surface area contributed by atoms with Crippen LogP contribution in [-0.2, 0) is 13.1 Å². The molecule has 3 heterocycles. The summed E-state index contributed by atoms with van der Waals surface area (Å²) in [4.78, 5) is 21.2. The number of thiazole rings is 1. The van der Waals surface area contributed by atoms with Crippen molar-refractivity contribution in [3.05, 3.63) is 56.5 Å². The van der Waals surface area contributed by atoms with Crippen molar-refractivity contribution in [3.63, 3.8) is 0 Å². The summed E-state index contributed by atoms with van der Waals surface area (Å²) in [5, 5.41) is 6.04. The highest BCUT2D eigenvalue weighted by Crippen LogP contribution is 2.17. The molecule has 1 aromatic carbocycles. The van der Waals surface area contributed by atoms with Gasteiger partial charge in [-0.2, -0.15) is 4.98 Å². The standard InChI is InChI=1S/C20H25N5O2S/c1-15-3-5-17(6-4-15)19-21-18(27-22-19)13-24-9-7-23(8-10-24)11-12-25-16(2)14-28-20(25)26/h3-6,14H,7-13H2,1-2H3.